The quantitative estimate of drug-likeness (QED) is 0.331. The van der Waals surface area contributed by atoms with Gasteiger partial charge in [0.2, 0.25) is 0 Å². The van der Waals surface area contributed by atoms with Gasteiger partial charge in [0.1, 0.15) is 16.1 Å². The number of rotatable bonds is 5. The van der Waals surface area contributed by atoms with Gasteiger partial charge in [-0.25, -0.2) is 0 Å². The first-order valence-corrected chi connectivity index (χ1v) is 9.70. The molecule has 1 aliphatic rings. The lowest BCUT2D eigenvalue weighted by Crippen LogP contribution is -2.40. The summed E-state index contributed by atoms with van der Waals surface area (Å²) in [6, 6.07) is 3.86. The Morgan fingerprint density at radius 3 is 2.79 bits per heavy atom. The minimum absolute atomic E-state index is 0.141. The Hall–Kier alpha value is -0.920. The molecule has 0 fully saturated rings. The van der Waals surface area contributed by atoms with Crippen molar-refractivity contribution in [1.29, 1.82) is 0 Å². The molecule has 0 saturated carbocycles. The van der Waals surface area contributed by atoms with Gasteiger partial charge in [0.25, 0.3) is 0 Å². The number of benzene rings is 1. The van der Waals surface area contributed by atoms with E-state index in [4.69, 9.17) is 10.3 Å². The number of hydrogen-bond donors (Lipinski definition) is 1. The molecule has 6 nitrogen and oxygen atoms in total. The first-order chi connectivity index (χ1) is 11.1. The van der Waals surface area contributed by atoms with Crippen LogP contribution in [0.25, 0.3) is 10.4 Å². The SMILES string of the molecule is C[C@@H](N[S+]([O-])C(C)(C)C)c1cc(Br)cc2c1O[C@@](C)(CN=[N+]=[N-])C2. The number of nitrogens with zero attached hydrogens (tertiary/aromatic N) is 3. The average molecular weight is 415 g/mol. The third kappa shape index (κ3) is 4.37. The Morgan fingerprint density at radius 2 is 2.21 bits per heavy atom. The minimum atomic E-state index is -1.18. The van der Waals surface area contributed by atoms with E-state index in [2.05, 4.69) is 30.7 Å². The molecule has 0 radical (unpaired) electrons. The van der Waals surface area contributed by atoms with Crippen molar-refractivity contribution in [1.82, 2.24) is 4.72 Å². The van der Waals surface area contributed by atoms with Crippen LogP contribution in [-0.4, -0.2) is 21.4 Å². The van der Waals surface area contributed by atoms with Gasteiger partial charge in [-0.05, 0) is 57.8 Å². The van der Waals surface area contributed by atoms with E-state index in [0.29, 0.717) is 6.42 Å². The second kappa shape index (κ2) is 7.14. The molecule has 132 valence electrons. The molecule has 1 aromatic carbocycles. The van der Waals surface area contributed by atoms with Crippen LogP contribution in [0.2, 0.25) is 0 Å². The highest BCUT2D eigenvalue weighted by Crippen LogP contribution is 2.42. The van der Waals surface area contributed by atoms with Gasteiger partial charge in [-0.1, -0.05) is 21.0 Å². The maximum Gasteiger partial charge on any atom is 0.136 e. The van der Waals surface area contributed by atoms with Crippen molar-refractivity contribution in [3.05, 3.63) is 38.2 Å². The largest absolute Gasteiger partial charge is 0.598 e. The number of azide groups is 1. The summed E-state index contributed by atoms with van der Waals surface area (Å²) in [5, 5.41) is 3.67. The van der Waals surface area contributed by atoms with E-state index >= 15 is 0 Å². The van der Waals surface area contributed by atoms with E-state index in [1.54, 1.807) is 0 Å². The predicted molar refractivity (Wildman–Crippen MR) is 100 cm³/mol. The van der Waals surface area contributed by atoms with Crippen LogP contribution < -0.4 is 9.46 Å². The number of halogens is 1. The van der Waals surface area contributed by atoms with Crippen molar-refractivity contribution < 1.29 is 9.29 Å². The molecule has 1 aromatic rings. The Bertz CT molecular complexity index is 673. The highest BCUT2D eigenvalue weighted by molar-refractivity contribution is 9.10. The number of hydrogen-bond acceptors (Lipinski definition) is 4. The van der Waals surface area contributed by atoms with Gasteiger partial charge in [-0.15, -0.1) is 4.72 Å². The molecule has 0 aliphatic carbocycles. The normalized spacial score (nSPS) is 22.3. The van der Waals surface area contributed by atoms with Crippen molar-refractivity contribution in [2.75, 3.05) is 6.54 Å². The molecule has 0 aromatic heterocycles. The van der Waals surface area contributed by atoms with Crippen LogP contribution in [0.15, 0.2) is 21.7 Å². The summed E-state index contributed by atoms with van der Waals surface area (Å²) in [5.74, 6) is 0.791. The Morgan fingerprint density at radius 1 is 1.54 bits per heavy atom. The van der Waals surface area contributed by atoms with Gasteiger partial charge < -0.3 is 9.29 Å². The van der Waals surface area contributed by atoms with Gasteiger partial charge in [0.15, 0.2) is 0 Å². The zero-order chi connectivity index (χ0) is 18.1. The minimum Gasteiger partial charge on any atom is -0.598 e. The monoisotopic (exact) mass is 414 g/mol. The summed E-state index contributed by atoms with van der Waals surface area (Å²) in [6.45, 7) is 9.97. The lowest BCUT2D eigenvalue weighted by molar-refractivity contribution is 0.124. The molecule has 0 saturated heterocycles. The highest BCUT2D eigenvalue weighted by atomic mass is 79.9. The first kappa shape index (κ1) is 19.4. The maximum atomic E-state index is 12.4. The van der Waals surface area contributed by atoms with E-state index in [0.717, 1.165) is 21.3 Å². The zero-order valence-corrected chi connectivity index (χ0v) is 17.0. The van der Waals surface area contributed by atoms with E-state index in [1.165, 1.54) is 0 Å². The smallest absolute Gasteiger partial charge is 0.136 e. The first-order valence-electron chi connectivity index (χ1n) is 7.76. The summed E-state index contributed by atoms with van der Waals surface area (Å²) in [7, 11) is 0. The Kier molecular flexibility index (Phi) is 5.77. The fourth-order valence-electron chi connectivity index (χ4n) is 2.61. The second-order valence-electron chi connectivity index (χ2n) is 7.32. The predicted octanol–water partition coefficient (Wildman–Crippen LogP) is 4.57. The van der Waals surface area contributed by atoms with Gasteiger partial charge >= 0.3 is 0 Å². The molecule has 0 amide bonds. The van der Waals surface area contributed by atoms with E-state index in [9.17, 15) is 4.55 Å². The number of ether oxygens (including phenoxy) is 1. The van der Waals surface area contributed by atoms with Gasteiger partial charge in [0, 0.05) is 32.7 Å². The standard InChI is InChI=1S/C16H23BrN4O2S/c1-10(20-24(22)15(2,3)4)13-7-12(17)6-11-8-16(5,9-19-21-18)23-14(11)13/h6-7,10,20H,8-9H2,1-5H3/t10-,16-,24?/m1/s1. The molecule has 1 N–H and O–H groups in total. The zero-order valence-electron chi connectivity index (χ0n) is 14.6. The van der Waals surface area contributed by atoms with Gasteiger partial charge in [-0.3, -0.25) is 0 Å². The van der Waals surface area contributed by atoms with Crippen molar-refractivity contribution in [2.24, 2.45) is 5.11 Å². The molecule has 1 unspecified atom stereocenters. The molecular weight excluding hydrogens is 392 g/mol. The van der Waals surface area contributed by atoms with E-state index in [-0.39, 0.29) is 17.3 Å². The average Bonchev–Trinajstić information content (AvgIpc) is 2.79. The molecule has 1 heterocycles. The summed E-state index contributed by atoms with van der Waals surface area (Å²) in [5.41, 5.74) is 10.0. The van der Waals surface area contributed by atoms with Crippen molar-refractivity contribution in [3.63, 3.8) is 0 Å². The van der Waals surface area contributed by atoms with E-state index < -0.39 is 17.0 Å². The number of nitrogens with one attached hydrogen (secondary N) is 1. The highest BCUT2D eigenvalue weighted by Gasteiger charge is 2.38. The van der Waals surface area contributed by atoms with Crippen LogP contribution in [0, 0.1) is 0 Å². The summed E-state index contributed by atoms with van der Waals surface area (Å²) >= 11 is 2.36. The lowest BCUT2D eigenvalue weighted by Gasteiger charge is -2.28. The second-order valence-corrected chi connectivity index (χ2v) is 10.2. The number of fused-ring (bicyclic) bond motifs is 1. The summed E-state index contributed by atoms with van der Waals surface area (Å²) in [4.78, 5) is 2.83. The molecule has 2 rings (SSSR count). The molecule has 0 spiro atoms. The van der Waals surface area contributed by atoms with E-state index in [1.807, 2.05) is 46.8 Å². The molecular formula is C16H23BrN4O2S. The van der Waals surface area contributed by atoms with Crippen LogP contribution in [0.3, 0.4) is 0 Å². The summed E-state index contributed by atoms with van der Waals surface area (Å²) in [6.07, 6.45) is 0.670. The maximum absolute atomic E-state index is 12.4. The molecule has 24 heavy (non-hydrogen) atoms. The Labute approximate surface area is 154 Å². The van der Waals surface area contributed by atoms with Crippen LogP contribution in [-0.2, 0) is 17.8 Å². The van der Waals surface area contributed by atoms with Crippen molar-refractivity contribution in [2.45, 2.75) is 57.4 Å². The molecule has 0 bridgehead atoms. The fraction of sp³-hybridized carbons (Fsp3) is 0.625. The lowest BCUT2D eigenvalue weighted by atomic mass is 9.97. The van der Waals surface area contributed by atoms with Crippen molar-refractivity contribution >= 4 is 27.3 Å². The van der Waals surface area contributed by atoms with Crippen LogP contribution in [0.1, 0.15) is 51.8 Å². The summed E-state index contributed by atoms with van der Waals surface area (Å²) < 4.78 is 22.3. The molecule has 1 aliphatic heterocycles. The topological polar surface area (TPSA) is 93.1 Å². The van der Waals surface area contributed by atoms with Crippen LogP contribution in [0.5, 0.6) is 5.75 Å². The van der Waals surface area contributed by atoms with Crippen LogP contribution >= 0.6 is 15.9 Å². The van der Waals surface area contributed by atoms with Crippen LogP contribution in [0.4, 0.5) is 0 Å². The third-order valence-corrected chi connectivity index (χ3v) is 5.98. The van der Waals surface area contributed by atoms with Gasteiger partial charge in [0.05, 0.1) is 12.6 Å². The molecule has 3 atom stereocenters. The third-order valence-electron chi connectivity index (χ3n) is 3.85. The Balaban J connectivity index is 2.30. The van der Waals surface area contributed by atoms with Crippen molar-refractivity contribution in [3.8, 4) is 5.75 Å². The fourth-order valence-corrected chi connectivity index (χ4v) is 3.93. The van der Waals surface area contributed by atoms with Gasteiger partial charge in [-0.2, -0.15) is 0 Å². The molecule has 8 heteroatoms.